The number of nitrogens with two attached hydrogens (primary N) is 1. The molecule has 0 spiro atoms. The number of hydrogen-bond donors (Lipinski definition) is 1. The summed E-state index contributed by atoms with van der Waals surface area (Å²) in [5.74, 6) is 1.16. The molecular weight excluding hydrogens is 218 g/mol. The topological polar surface area (TPSA) is 82.8 Å². The van der Waals surface area contributed by atoms with Crippen molar-refractivity contribution in [1.29, 1.82) is 0 Å². The Morgan fingerprint density at radius 1 is 1.53 bits per heavy atom. The van der Waals surface area contributed by atoms with E-state index in [9.17, 15) is 0 Å². The molecule has 92 valence electrons. The smallest absolute Gasteiger partial charge is 0.261 e. The van der Waals surface area contributed by atoms with Gasteiger partial charge in [0.15, 0.2) is 5.82 Å². The van der Waals surface area contributed by atoms with Gasteiger partial charge in [-0.3, -0.25) is 4.68 Å². The Morgan fingerprint density at radius 2 is 2.29 bits per heavy atom. The molecule has 2 aromatic rings. The van der Waals surface area contributed by atoms with Crippen LogP contribution in [-0.2, 0) is 13.5 Å². The molecule has 0 aliphatic heterocycles. The largest absolute Gasteiger partial charge is 0.334 e. The molecule has 0 saturated heterocycles. The Balaban J connectivity index is 2.21. The van der Waals surface area contributed by atoms with E-state index in [1.165, 1.54) is 0 Å². The summed E-state index contributed by atoms with van der Waals surface area (Å²) in [6.45, 7) is 3.95. The van der Waals surface area contributed by atoms with Gasteiger partial charge in [0.05, 0.1) is 11.3 Å². The number of nitrogens with zero attached hydrogens (tertiary/aromatic N) is 4. The minimum absolute atomic E-state index is 0.0791. The second-order valence-electron chi connectivity index (χ2n) is 4.19. The first-order chi connectivity index (χ1) is 8.10. The van der Waals surface area contributed by atoms with Gasteiger partial charge in [-0.05, 0) is 13.3 Å². The summed E-state index contributed by atoms with van der Waals surface area (Å²) >= 11 is 0. The van der Waals surface area contributed by atoms with Crippen molar-refractivity contribution in [3.63, 3.8) is 0 Å². The lowest BCUT2D eigenvalue weighted by molar-refractivity contribution is 0.419. The molecule has 2 aromatic heterocycles. The number of rotatable bonds is 4. The van der Waals surface area contributed by atoms with E-state index in [2.05, 4.69) is 15.2 Å². The molecule has 2 rings (SSSR count). The fraction of sp³-hybridized carbons (Fsp3) is 0.545. The molecule has 0 radical (unpaired) electrons. The monoisotopic (exact) mass is 235 g/mol. The van der Waals surface area contributed by atoms with Gasteiger partial charge in [-0.1, -0.05) is 12.1 Å². The lowest BCUT2D eigenvalue weighted by Gasteiger charge is -2.02. The zero-order valence-corrected chi connectivity index (χ0v) is 10.3. The first-order valence-electron chi connectivity index (χ1n) is 5.69. The third-order valence-electron chi connectivity index (χ3n) is 2.68. The summed E-state index contributed by atoms with van der Waals surface area (Å²) in [7, 11) is 1.86. The van der Waals surface area contributed by atoms with Crippen LogP contribution in [0.3, 0.4) is 0 Å². The van der Waals surface area contributed by atoms with Gasteiger partial charge in [0.1, 0.15) is 0 Å². The Labute approximate surface area is 99.8 Å². The second-order valence-corrected chi connectivity index (χ2v) is 4.19. The van der Waals surface area contributed by atoms with Crippen molar-refractivity contribution in [2.45, 2.75) is 32.7 Å². The first-order valence-corrected chi connectivity index (χ1v) is 5.69. The van der Waals surface area contributed by atoms with Crippen molar-refractivity contribution >= 4 is 0 Å². The van der Waals surface area contributed by atoms with Crippen LogP contribution in [-0.4, -0.2) is 26.0 Å². The molecule has 0 aliphatic carbocycles. The Bertz CT molecular complexity index is 502. The third kappa shape index (κ3) is 2.52. The van der Waals surface area contributed by atoms with E-state index < -0.39 is 0 Å². The summed E-state index contributed by atoms with van der Waals surface area (Å²) in [6, 6.07) is 0.0791. The van der Waals surface area contributed by atoms with Crippen LogP contribution >= 0.6 is 0 Å². The van der Waals surface area contributed by atoms with Gasteiger partial charge >= 0.3 is 0 Å². The zero-order valence-electron chi connectivity index (χ0n) is 10.3. The molecule has 0 bridgehead atoms. The Morgan fingerprint density at radius 3 is 2.88 bits per heavy atom. The van der Waals surface area contributed by atoms with E-state index in [1.54, 1.807) is 4.68 Å². The van der Waals surface area contributed by atoms with Crippen molar-refractivity contribution < 1.29 is 4.52 Å². The highest BCUT2D eigenvalue weighted by molar-refractivity contribution is 5.54. The van der Waals surface area contributed by atoms with Crippen LogP contribution in [0.25, 0.3) is 11.5 Å². The van der Waals surface area contributed by atoms with Crippen molar-refractivity contribution in [3.8, 4) is 11.5 Å². The second kappa shape index (κ2) is 4.67. The van der Waals surface area contributed by atoms with Gasteiger partial charge in [-0.2, -0.15) is 10.1 Å². The van der Waals surface area contributed by atoms with E-state index in [0.29, 0.717) is 18.1 Å². The number of aryl methyl sites for hydroxylation is 2. The summed E-state index contributed by atoms with van der Waals surface area (Å²) in [4.78, 5) is 4.33. The lowest BCUT2D eigenvalue weighted by Crippen LogP contribution is -2.21. The lowest BCUT2D eigenvalue weighted by atomic mass is 10.1. The van der Waals surface area contributed by atoms with Crippen LogP contribution in [0.15, 0.2) is 10.7 Å². The maximum Gasteiger partial charge on any atom is 0.261 e. The number of aromatic nitrogens is 4. The van der Waals surface area contributed by atoms with E-state index in [-0.39, 0.29) is 6.04 Å². The fourth-order valence-corrected chi connectivity index (χ4v) is 1.63. The summed E-state index contributed by atoms with van der Waals surface area (Å²) < 4.78 is 6.95. The molecule has 6 nitrogen and oxygen atoms in total. The molecule has 0 aliphatic rings. The summed E-state index contributed by atoms with van der Waals surface area (Å²) in [5, 5.41) is 8.17. The van der Waals surface area contributed by atoms with E-state index >= 15 is 0 Å². The quantitative estimate of drug-likeness (QED) is 0.856. The van der Waals surface area contributed by atoms with Gasteiger partial charge in [-0.25, -0.2) is 0 Å². The van der Waals surface area contributed by atoms with Crippen LogP contribution < -0.4 is 5.73 Å². The standard InChI is InChI=1S/C11H17N5O/c1-4-8(12)5-10-13-11(17-15-10)9-6-16(3)14-7(9)2/h6,8H,4-5,12H2,1-3H3. The summed E-state index contributed by atoms with van der Waals surface area (Å²) in [6.07, 6.45) is 3.40. The highest BCUT2D eigenvalue weighted by Gasteiger charge is 2.15. The van der Waals surface area contributed by atoms with Crippen LogP contribution in [0.2, 0.25) is 0 Å². The van der Waals surface area contributed by atoms with Crippen molar-refractivity contribution in [2.75, 3.05) is 0 Å². The van der Waals surface area contributed by atoms with E-state index in [4.69, 9.17) is 10.3 Å². The molecule has 1 atom stereocenters. The van der Waals surface area contributed by atoms with Crippen LogP contribution in [0, 0.1) is 6.92 Å². The Hall–Kier alpha value is -1.69. The van der Waals surface area contributed by atoms with Crippen molar-refractivity contribution in [1.82, 2.24) is 19.9 Å². The maximum atomic E-state index is 5.85. The van der Waals surface area contributed by atoms with E-state index in [0.717, 1.165) is 17.7 Å². The van der Waals surface area contributed by atoms with Crippen LogP contribution in [0.5, 0.6) is 0 Å². The van der Waals surface area contributed by atoms with Gasteiger partial charge in [-0.15, -0.1) is 0 Å². The van der Waals surface area contributed by atoms with Crippen LogP contribution in [0.1, 0.15) is 24.9 Å². The van der Waals surface area contributed by atoms with Crippen LogP contribution in [0.4, 0.5) is 0 Å². The van der Waals surface area contributed by atoms with Crippen molar-refractivity contribution in [2.24, 2.45) is 12.8 Å². The first kappa shape index (κ1) is 11.8. The summed E-state index contributed by atoms with van der Waals surface area (Å²) in [5.41, 5.74) is 7.60. The molecule has 2 N–H and O–H groups in total. The average molecular weight is 235 g/mol. The highest BCUT2D eigenvalue weighted by atomic mass is 16.5. The third-order valence-corrected chi connectivity index (χ3v) is 2.68. The minimum atomic E-state index is 0.0791. The Kier molecular flexibility index (Phi) is 3.23. The molecular formula is C11H17N5O. The molecule has 0 saturated carbocycles. The molecule has 0 amide bonds. The van der Waals surface area contributed by atoms with Gasteiger partial charge in [0, 0.05) is 25.7 Å². The normalized spacial score (nSPS) is 12.9. The molecule has 6 heteroatoms. The van der Waals surface area contributed by atoms with Gasteiger partial charge < -0.3 is 10.3 Å². The molecule has 2 heterocycles. The molecule has 0 aromatic carbocycles. The van der Waals surface area contributed by atoms with Crippen molar-refractivity contribution in [3.05, 3.63) is 17.7 Å². The molecule has 17 heavy (non-hydrogen) atoms. The zero-order chi connectivity index (χ0) is 12.4. The maximum absolute atomic E-state index is 5.85. The predicted molar refractivity (Wildman–Crippen MR) is 63.2 cm³/mol. The average Bonchev–Trinajstić information content (AvgIpc) is 2.85. The highest BCUT2D eigenvalue weighted by Crippen LogP contribution is 2.20. The van der Waals surface area contributed by atoms with Gasteiger partial charge in [0.25, 0.3) is 5.89 Å². The van der Waals surface area contributed by atoms with E-state index in [1.807, 2.05) is 27.1 Å². The molecule has 1 unspecified atom stereocenters. The number of hydrogen-bond acceptors (Lipinski definition) is 5. The predicted octanol–water partition coefficient (Wildman–Crippen LogP) is 1.06. The molecule has 0 fully saturated rings. The fourth-order valence-electron chi connectivity index (χ4n) is 1.63. The SMILES string of the molecule is CCC(N)Cc1noc(-c2cn(C)nc2C)n1. The minimum Gasteiger partial charge on any atom is -0.334 e. The van der Waals surface area contributed by atoms with Gasteiger partial charge in [0.2, 0.25) is 0 Å².